The van der Waals surface area contributed by atoms with Crippen molar-refractivity contribution in [3.63, 3.8) is 0 Å². The number of hydrogen-bond acceptors (Lipinski definition) is 5. The zero-order chi connectivity index (χ0) is 14.9. The fourth-order valence-electron chi connectivity index (χ4n) is 1.50. The van der Waals surface area contributed by atoms with E-state index in [1.54, 1.807) is 13.0 Å². The smallest absolute Gasteiger partial charge is 0.311 e. The number of nitrogens with zero attached hydrogens (tertiary/aromatic N) is 2. The molecule has 20 heavy (non-hydrogen) atoms. The van der Waals surface area contributed by atoms with Crippen molar-refractivity contribution < 1.29 is 18.4 Å². The van der Waals surface area contributed by atoms with Crippen LogP contribution in [0, 0.1) is 28.7 Å². The summed E-state index contributed by atoms with van der Waals surface area (Å²) in [5.41, 5.74) is 5.48. The number of hydrogen-bond donors (Lipinski definition) is 1. The number of nitrogens with two attached hydrogens (primary N) is 1. The lowest BCUT2D eigenvalue weighted by molar-refractivity contribution is -0.385. The first-order valence-corrected chi connectivity index (χ1v) is 5.43. The molecule has 8 heteroatoms. The van der Waals surface area contributed by atoms with Crippen LogP contribution in [-0.4, -0.2) is 9.91 Å². The monoisotopic (exact) mass is 281 g/mol. The van der Waals surface area contributed by atoms with E-state index < -0.39 is 28.3 Å². The molecule has 0 atom stereocenters. The van der Waals surface area contributed by atoms with E-state index in [4.69, 9.17) is 10.5 Å². The Balaban J connectivity index is 2.45. The van der Waals surface area contributed by atoms with Gasteiger partial charge in [0.15, 0.2) is 17.5 Å². The highest BCUT2D eigenvalue weighted by molar-refractivity contribution is 5.50. The minimum Gasteiger partial charge on any atom is -0.429 e. The van der Waals surface area contributed by atoms with E-state index in [9.17, 15) is 18.9 Å². The lowest BCUT2D eigenvalue weighted by atomic mass is 10.2. The van der Waals surface area contributed by atoms with Crippen molar-refractivity contribution in [2.45, 2.75) is 6.92 Å². The number of nitro groups is 1. The van der Waals surface area contributed by atoms with Gasteiger partial charge in [-0.3, -0.25) is 10.1 Å². The molecule has 0 saturated heterocycles. The number of rotatable bonds is 3. The largest absolute Gasteiger partial charge is 0.429 e. The molecular weight excluding hydrogens is 272 g/mol. The topological polar surface area (TPSA) is 91.3 Å². The number of ether oxygens (including phenoxy) is 1. The van der Waals surface area contributed by atoms with Crippen molar-refractivity contribution in [3.8, 4) is 11.6 Å². The van der Waals surface area contributed by atoms with Gasteiger partial charge in [-0.1, -0.05) is 6.07 Å². The molecule has 2 rings (SSSR count). The maximum absolute atomic E-state index is 13.5. The van der Waals surface area contributed by atoms with Gasteiger partial charge in [0.25, 0.3) is 5.88 Å². The van der Waals surface area contributed by atoms with Crippen molar-refractivity contribution >= 4 is 11.5 Å². The van der Waals surface area contributed by atoms with Crippen molar-refractivity contribution in [2.24, 2.45) is 0 Å². The number of anilines is 1. The molecule has 1 heterocycles. The summed E-state index contributed by atoms with van der Waals surface area (Å²) in [5, 5.41) is 10.9. The van der Waals surface area contributed by atoms with Crippen LogP contribution in [0.3, 0.4) is 0 Å². The Bertz CT molecular complexity index is 692. The van der Waals surface area contributed by atoms with Crippen molar-refractivity contribution in [2.75, 3.05) is 5.73 Å². The fourth-order valence-corrected chi connectivity index (χ4v) is 1.50. The Morgan fingerprint density at radius 3 is 2.65 bits per heavy atom. The van der Waals surface area contributed by atoms with Gasteiger partial charge in [-0.15, -0.1) is 0 Å². The Morgan fingerprint density at radius 1 is 1.30 bits per heavy atom. The van der Waals surface area contributed by atoms with Gasteiger partial charge in [-0.2, -0.15) is 4.98 Å². The van der Waals surface area contributed by atoms with Gasteiger partial charge in [0, 0.05) is 12.1 Å². The molecule has 0 aliphatic heterocycles. The summed E-state index contributed by atoms with van der Waals surface area (Å²) in [5.74, 6) is -3.54. The number of nitrogen functional groups attached to an aromatic ring is 1. The zero-order valence-electron chi connectivity index (χ0n) is 10.3. The van der Waals surface area contributed by atoms with Gasteiger partial charge < -0.3 is 10.5 Å². The Morgan fingerprint density at radius 2 is 2.00 bits per heavy atom. The van der Waals surface area contributed by atoms with E-state index in [1.807, 2.05) is 0 Å². The highest BCUT2D eigenvalue weighted by Crippen LogP contribution is 2.32. The van der Waals surface area contributed by atoms with Crippen molar-refractivity contribution in [3.05, 3.63) is 51.6 Å². The first-order valence-electron chi connectivity index (χ1n) is 5.43. The SMILES string of the molecule is Cc1ccc(Oc2nc(N)c(F)cc2F)c([N+](=O)[O-])c1. The second kappa shape index (κ2) is 5.08. The lowest BCUT2D eigenvalue weighted by Crippen LogP contribution is -2.01. The molecule has 0 aliphatic rings. The molecule has 1 aromatic heterocycles. The average molecular weight is 281 g/mol. The standard InChI is InChI=1S/C12H9F2N3O3/c1-6-2-3-10(9(4-6)17(18)19)20-12-8(14)5-7(13)11(15)16-12/h2-5H,1H3,(H2,15,16). The first kappa shape index (κ1) is 13.7. The third-order valence-corrected chi connectivity index (χ3v) is 2.44. The third-order valence-electron chi connectivity index (χ3n) is 2.44. The van der Waals surface area contributed by atoms with Crippen LogP contribution in [0.1, 0.15) is 5.56 Å². The first-order chi connectivity index (χ1) is 9.38. The second-order valence-corrected chi connectivity index (χ2v) is 3.97. The van der Waals surface area contributed by atoms with Gasteiger partial charge in [-0.05, 0) is 18.6 Å². The summed E-state index contributed by atoms with van der Waals surface area (Å²) in [6, 6.07) is 4.61. The summed E-state index contributed by atoms with van der Waals surface area (Å²) >= 11 is 0. The number of pyridine rings is 1. The molecular formula is C12H9F2N3O3. The van der Waals surface area contributed by atoms with Crippen LogP contribution >= 0.6 is 0 Å². The second-order valence-electron chi connectivity index (χ2n) is 3.97. The number of aryl methyl sites for hydroxylation is 1. The van der Waals surface area contributed by atoms with Crippen LogP contribution in [-0.2, 0) is 0 Å². The van der Waals surface area contributed by atoms with Gasteiger partial charge in [0.05, 0.1) is 4.92 Å². The minimum absolute atomic E-state index is 0.210. The van der Waals surface area contributed by atoms with Crippen LogP contribution in [0.5, 0.6) is 11.6 Å². The van der Waals surface area contributed by atoms with Crippen LogP contribution in [0.25, 0.3) is 0 Å². The Hall–Kier alpha value is -2.77. The number of aromatic nitrogens is 1. The van der Waals surface area contributed by atoms with Crippen molar-refractivity contribution in [1.82, 2.24) is 4.98 Å². The third kappa shape index (κ3) is 2.63. The van der Waals surface area contributed by atoms with Crippen LogP contribution in [0.4, 0.5) is 20.3 Å². The van der Waals surface area contributed by atoms with Crippen LogP contribution in [0.2, 0.25) is 0 Å². The van der Waals surface area contributed by atoms with Crippen LogP contribution in [0.15, 0.2) is 24.3 Å². The predicted molar refractivity (Wildman–Crippen MR) is 66.5 cm³/mol. The summed E-state index contributed by atoms with van der Waals surface area (Å²) in [7, 11) is 0. The molecule has 6 nitrogen and oxygen atoms in total. The van der Waals surface area contributed by atoms with Gasteiger partial charge in [0.1, 0.15) is 0 Å². The highest BCUT2D eigenvalue weighted by atomic mass is 19.1. The highest BCUT2D eigenvalue weighted by Gasteiger charge is 2.19. The summed E-state index contributed by atoms with van der Waals surface area (Å²) < 4.78 is 31.5. The van der Waals surface area contributed by atoms with E-state index in [-0.39, 0.29) is 11.4 Å². The normalized spacial score (nSPS) is 10.3. The van der Waals surface area contributed by atoms with Crippen LogP contribution < -0.4 is 10.5 Å². The molecule has 2 aromatic rings. The molecule has 0 bridgehead atoms. The van der Waals surface area contributed by atoms with E-state index in [1.165, 1.54) is 12.1 Å². The van der Waals surface area contributed by atoms with E-state index in [0.717, 1.165) is 0 Å². The predicted octanol–water partition coefficient (Wildman–Crippen LogP) is 2.95. The van der Waals surface area contributed by atoms with Gasteiger partial charge in [0.2, 0.25) is 5.75 Å². The molecule has 104 valence electrons. The maximum Gasteiger partial charge on any atom is 0.311 e. The summed E-state index contributed by atoms with van der Waals surface area (Å²) in [4.78, 5) is 13.6. The fraction of sp³-hybridized carbons (Fsp3) is 0.0833. The Kier molecular flexibility index (Phi) is 3.47. The quantitative estimate of drug-likeness (QED) is 0.689. The number of nitro benzene ring substituents is 1. The Labute approximate surface area is 112 Å². The summed E-state index contributed by atoms with van der Waals surface area (Å²) in [6.07, 6.45) is 0. The average Bonchev–Trinajstić information content (AvgIpc) is 2.37. The molecule has 0 aliphatic carbocycles. The molecule has 0 saturated carbocycles. The molecule has 0 unspecified atom stereocenters. The number of benzene rings is 1. The molecule has 0 radical (unpaired) electrons. The van der Waals surface area contributed by atoms with E-state index >= 15 is 0 Å². The lowest BCUT2D eigenvalue weighted by Gasteiger charge is -2.07. The minimum atomic E-state index is -1.11. The molecule has 0 spiro atoms. The van der Waals surface area contributed by atoms with E-state index in [0.29, 0.717) is 11.6 Å². The van der Waals surface area contributed by atoms with Gasteiger partial charge in [-0.25, -0.2) is 8.78 Å². The molecule has 0 fully saturated rings. The number of halogens is 2. The van der Waals surface area contributed by atoms with E-state index in [2.05, 4.69) is 4.98 Å². The molecule has 2 N–H and O–H groups in total. The molecule has 0 amide bonds. The molecule has 1 aromatic carbocycles. The summed E-state index contributed by atoms with van der Waals surface area (Å²) in [6.45, 7) is 1.66. The van der Waals surface area contributed by atoms with Gasteiger partial charge >= 0.3 is 5.69 Å². The zero-order valence-corrected chi connectivity index (χ0v) is 10.3. The van der Waals surface area contributed by atoms with Crippen molar-refractivity contribution in [1.29, 1.82) is 0 Å². The maximum atomic E-state index is 13.5.